The third kappa shape index (κ3) is 3.04. The molecule has 0 saturated carbocycles. The van der Waals surface area contributed by atoms with Gasteiger partial charge in [0.15, 0.2) is 0 Å². The minimum atomic E-state index is -0.519. The van der Waals surface area contributed by atoms with Crippen molar-refractivity contribution in [3.63, 3.8) is 0 Å². The summed E-state index contributed by atoms with van der Waals surface area (Å²) in [4.78, 5) is 23.8. The van der Waals surface area contributed by atoms with Gasteiger partial charge >= 0.3 is 0 Å². The fraction of sp³-hybridized carbons (Fsp3) is 0.0667. The van der Waals surface area contributed by atoms with Crippen molar-refractivity contribution in [3.05, 3.63) is 69.8 Å². The number of amides is 1. The largest absolute Gasteiger partial charge is 0.311 e. The van der Waals surface area contributed by atoms with E-state index in [2.05, 4.69) is 0 Å². The molecular weight excluding hydrogens is 270 g/mol. The first kappa shape index (κ1) is 14.2. The van der Waals surface area contributed by atoms with Crippen LogP contribution in [0.4, 0.5) is 11.4 Å². The average molecular weight is 281 g/mol. The number of anilines is 1. The molecule has 2 aromatic rings. The highest BCUT2D eigenvalue weighted by Crippen LogP contribution is 2.18. The molecule has 104 valence electrons. The molecule has 2 rings (SSSR count). The van der Waals surface area contributed by atoms with E-state index in [-0.39, 0.29) is 11.6 Å². The number of nitro groups is 1. The van der Waals surface area contributed by atoms with Crippen LogP contribution in [0.2, 0.25) is 0 Å². The van der Waals surface area contributed by atoms with Gasteiger partial charge in [0.25, 0.3) is 11.6 Å². The van der Waals surface area contributed by atoms with Crippen molar-refractivity contribution in [1.29, 1.82) is 5.26 Å². The zero-order valence-corrected chi connectivity index (χ0v) is 11.2. The van der Waals surface area contributed by atoms with Crippen molar-refractivity contribution in [1.82, 2.24) is 0 Å². The van der Waals surface area contributed by atoms with Crippen molar-refractivity contribution in [2.24, 2.45) is 0 Å². The van der Waals surface area contributed by atoms with Crippen LogP contribution in [-0.4, -0.2) is 17.9 Å². The van der Waals surface area contributed by atoms with Gasteiger partial charge in [0.05, 0.1) is 16.6 Å². The Labute approximate surface area is 121 Å². The highest BCUT2D eigenvalue weighted by Gasteiger charge is 2.15. The van der Waals surface area contributed by atoms with Gasteiger partial charge < -0.3 is 4.90 Å². The van der Waals surface area contributed by atoms with E-state index >= 15 is 0 Å². The normalized spacial score (nSPS) is 9.71. The molecule has 0 aliphatic carbocycles. The summed E-state index contributed by atoms with van der Waals surface area (Å²) in [5.41, 5.74) is 1.30. The van der Waals surface area contributed by atoms with Gasteiger partial charge in [0.2, 0.25) is 0 Å². The number of hydrogen-bond donors (Lipinski definition) is 0. The second-order valence-corrected chi connectivity index (χ2v) is 4.33. The molecule has 0 aliphatic rings. The van der Waals surface area contributed by atoms with Crippen LogP contribution in [0.3, 0.4) is 0 Å². The lowest BCUT2D eigenvalue weighted by Crippen LogP contribution is -2.26. The number of benzene rings is 2. The molecule has 0 fully saturated rings. The Hall–Kier alpha value is -3.20. The first-order valence-corrected chi connectivity index (χ1v) is 6.05. The first-order chi connectivity index (χ1) is 10.0. The van der Waals surface area contributed by atoms with Crippen LogP contribution >= 0.6 is 0 Å². The maximum absolute atomic E-state index is 12.3. The number of nitriles is 1. The second-order valence-electron chi connectivity index (χ2n) is 4.33. The summed E-state index contributed by atoms with van der Waals surface area (Å²) in [6.45, 7) is 0. The molecule has 1 amide bonds. The first-order valence-electron chi connectivity index (χ1n) is 6.05. The van der Waals surface area contributed by atoms with Gasteiger partial charge in [0.1, 0.15) is 0 Å². The van der Waals surface area contributed by atoms with Gasteiger partial charge in [0, 0.05) is 30.4 Å². The van der Waals surface area contributed by atoms with E-state index in [9.17, 15) is 14.9 Å². The summed E-state index contributed by atoms with van der Waals surface area (Å²) in [5, 5.41) is 19.5. The van der Waals surface area contributed by atoms with Crippen molar-refractivity contribution >= 4 is 17.3 Å². The zero-order chi connectivity index (χ0) is 15.4. The van der Waals surface area contributed by atoms with E-state index < -0.39 is 4.92 Å². The van der Waals surface area contributed by atoms with Gasteiger partial charge in [-0.3, -0.25) is 14.9 Å². The lowest BCUT2D eigenvalue weighted by molar-refractivity contribution is -0.384. The number of non-ortho nitro benzene ring substituents is 1. The SMILES string of the molecule is CN(C(=O)c1ccc([N+](=O)[O-])cc1)c1cccc(C#N)c1. The maximum atomic E-state index is 12.3. The lowest BCUT2D eigenvalue weighted by atomic mass is 10.1. The minimum Gasteiger partial charge on any atom is -0.311 e. The fourth-order valence-electron chi connectivity index (χ4n) is 1.82. The Balaban J connectivity index is 2.26. The molecule has 0 N–H and O–H groups in total. The maximum Gasteiger partial charge on any atom is 0.269 e. The average Bonchev–Trinajstić information content (AvgIpc) is 2.53. The molecule has 2 aromatic carbocycles. The number of carbonyl (C=O) groups is 1. The third-order valence-corrected chi connectivity index (χ3v) is 2.99. The van der Waals surface area contributed by atoms with Crippen molar-refractivity contribution in [2.45, 2.75) is 0 Å². The Bertz CT molecular complexity index is 733. The molecule has 0 aromatic heterocycles. The standard InChI is InChI=1S/C15H11N3O3/c1-17(14-4-2-3-11(9-14)10-16)15(19)12-5-7-13(8-6-12)18(20)21/h2-9H,1H3. The molecular formula is C15H11N3O3. The van der Waals surface area contributed by atoms with Gasteiger partial charge in [-0.1, -0.05) is 6.07 Å². The van der Waals surface area contributed by atoms with Crippen LogP contribution in [0.25, 0.3) is 0 Å². The van der Waals surface area contributed by atoms with E-state index in [0.29, 0.717) is 16.8 Å². The highest BCUT2D eigenvalue weighted by atomic mass is 16.6. The van der Waals surface area contributed by atoms with Crippen LogP contribution < -0.4 is 4.90 Å². The Morgan fingerprint density at radius 3 is 2.48 bits per heavy atom. The van der Waals surface area contributed by atoms with Crippen molar-refractivity contribution < 1.29 is 9.72 Å². The predicted octanol–water partition coefficient (Wildman–Crippen LogP) is 2.74. The smallest absolute Gasteiger partial charge is 0.269 e. The third-order valence-electron chi connectivity index (χ3n) is 2.99. The topological polar surface area (TPSA) is 87.2 Å². The summed E-state index contributed by atoms with van der Waals surface area (Å²) in [5.74, 6) is -0.306. The molecule has 0 spiro atoms. The second kappa shape index (κ2) is 5.84. The number of rotatable bonds is 3. The van der Waals surface area contributed by atoms with Gasteiger partial charge in [-0.2, -0.15) is 5.26 Å². The van der Waals surface area contributed by atoms with E-state index in [1.54, 1.807) is 31.3 Å². The lowest BCUT2D eigenvalue weighted by Gasteiger charge is -2.17. The van der Waals surface area contributed by atoms with Crippen LogP contribution in [0.1, 0.15) is 15.9 Å². The predicted molar refractivity (Wildman–Crippen MR) is 77.0 cm³/mol. The molecule has 6 heteroatoms. The molecule has 0 atom stereocenters. The summed E-state index contributed by atoms with van der Waals surface area (Å²) in [7, 11) is 1.58. The molecule has 0 aliphatic heterocycles. The van der Waals surface area contributed by atoms with E-state index in [0.717, 1.165) is 0 Å². The van der Waals surface area contributed by atoms with Crippen LogP contribution in [0.5, 0.6) is 0 Å². The van der Waals surface area contributed by atoms with Crippen molar-refractivity contribution in [2.75, 3.05) is 11.9 Å². The highest BCUT2D eigenvalue weighted by molar-refractivity contribution is 6.05. The molecule has 0 bridgehead atoms. The number of nitro benzene ring substituents is 1. The number of nitrogens with zero attached hydrogens (tertiary/aromatic N) is 3. The Morgan fingerprint density at radius 1 is 1.24 bits per heavy atom. The molecule has 0 radical (unpaired) electrons. The quantitative estimate of drug-likeness (QED) is 0.639. The molecule has 0 unspecified atom stereocenters. The van der Waals surface area contributed by atoms with Crippen LogP contribution in [-0.2, 0) is 0 Å². The minimum absolute atomic E-state index is 0.0688. The summed E-state index contributed by atoms with van der Waals surface area (Å²) in [6.07, 6.45) is 0. The van der Waals surface area contributed by atoms with E-state index in [4.69, 9.17) is 5.26 Å². The summed E-state index contributed by atoms with van der Waals surface area (Å²) >= 11 is 0. The Kier molecular flexibility index (Phi) is 3.95. The van der Waals surface area contributed by atoms with Gasteiger partial charge in [-0.05, 0) is 30.3 Å². The van der Waals surface area contributed by atoms with Crippen LogP contribution in [0.15, 0.2) is 48.5 Å². The zero-order valence-electron chi connectivity index (χ0n) is 11.2. The van der Waals surface area contributed by atoms with Crippen molar-refractivity contribution in [3.8, 4) is 6.07 Å². The summed E-state index contributed by atoms with van der Waals surface area (Å²) < 4.78 is 0. The van der Waals surface area contributed by atoms with Gasteiger partial charge in [-0.25, -0.2) is 0 Å². The number of hydrogen-bond acceptors (Lipinski definition) is 4. The van der Waals surface area contributed by atoms with E-state index in [1.807, 2.05) is 6.07 Å². The van der Waals surface area contributed by atoms with Gasteiger partial charge in [-0.15, -0.1) is 0 Å². The Morgan fingerprint density at radius 2 is 1.90 bits per heavy atom. The summed E-state index contributed by atoms with van der Waals surface area (Å²) in [6, 6.07) is 14.0. The molecule has 21 heavy (non-hydrogen) atoms. The monoisotopic (exact) mass is 281 g/mol. The molecule has 0 saturated heterocycles. The molecule has 0 heterocycles. The fourth-order valence-corrected chi connectivity index (χ4v) is 1.82. The molecule has 6 nitrogen and oxygen atoms in total. The van der Waals surface area contributed by atoms with Crippen LogP contribution in [0, 0.1) is 21.4 Å². The van der Waals surface area contributed by atoms with E-state index in [1.165, 1.54) is 29.2 Å². The number of carbonyl (C=O) groups excluding carboxylic acids is 1.